The summed E-state index contributed by atoms with van der Waals surface area (Å²) >= 11 is 6.97. The molecule has 210 valence electrons. The predicted molar refractivity (Wildman–Crippen MR) is 157 cm³/mol. The highest BCUT2D eigenvalue weighted by atomic mass is 35.5. The smallest absolute Gasteiger partial charge is 0.203 e. The third-order valence-electron chi connectivity index (χ3n) is 8.23. The van der Waals surface area contributed by atoms with Gasteiger partial charge in [0.1, 0.15) is 16.5 Å². The number of aliphatic hydroxyl groups excluding tert-OH is 1. The Morgan fingerprint density at radius 2 is 1.97 bits per heavy atom. The van der Waals surface area contributed by atoms with E-state index in [0.29, 0.717) is 26.5 Å². The maximum absolute atomic E-state index is 12.8. The van der Waals surface area contributed by atoms with Gasteiger partial charge in [-0.3, -0.25) is 4.68 Å². The molecule has 1 saturated heterocycles. The summed E-state index contributed by atoms with van der Waals surface area (Å²) in [6, 6.07) is 6.14. The van der Waals surface area contributed by atoms with Gasteiger partial charge in [-0.15, -0.1) is 4.72 Å². The maximum Gasteiger partial charge on any atom is 0.203 e. The van der Waals surface area contributed by atoms with Crippen molar-refractivity contribution in [3.05, 3.63) is 34.0 Å². The van der Waals surface area contributed by atoms with Crippen molar-refractivity contribution in [2.24, 2.45) is 17.5 Å². The van der Waals surface area contributed by atoms with E-state index < -0.39 is 17.6 Å². The number of aliphatic hydroxyl groups is 1. The highest BCUT2D eigenvalue weighted by Crippen LogP contribution is 2.47. The zero-order chi connectivity index (χ0) is 28.1. The monoisotopic (exact) mass is 589 g/mol. The molecule has 0 amide bonds. The van der Waals surface area contributed by atoms with Gasteiger partial charge in [0, 0.05) is 49.6 Å². The number of piperidine rings is 1. The van der Waals surface area contributed by atoms with E-state index in [2.05, 4.69) is 20.8 Å². The molecular formula is C27H36ClN7O2S2. The highest BCUT2D eigenvalue weighted by Gasteiger charge is 2.48. The van der Waals surface area contributed by atoms with Crippen LogP contribution in [0.2, 0.25) is 5.02 Å². The van der Waals surface area contributed by atoms with Crippen LogP contribution in [0.15, 0.2) is 33.1 Å². The second kappa shape index (κ2) is 10.8. The van der Waals surface area contributed by atoms with Crippen molar-refractivity contribution in [2.75, 3.05) is 20.1 Å². The molecule has 5 rings (SSSR count). The van der Waals surface area contributed by atoms with E-state index in [1.54, 1.807) is 18.1 Å². The number of nitrogens with zero attached hydrogens (tertiary/aromatic N) is 6. The largest absolute Gasteiger partial charge is 0.598 e. The molecular weight excluding hydrogens is 554 g/mol. The lowest BCUT2D eigenvalue weighted by molar-refractivity contribution is 0.0787. The summed E-state index contributed by atoms with van der Waals surface area (Å²) in [4.78, 5) is 10.2. The Kier molecular flexibility index (Phi) is 7.92. The fourth-order valence-corrected chi connectivity index (χ4v) is 8.20. The Bertz CT molecular complexity index is 1350. The lowest BCUT2D eigenvalue weighted by atomic mass is 9.74. The number of fused-ring (bicyclic) bond motifs is 1. The fourth-order valence-electron chi connectivity index (χ4n) is 5.91. The Morgan fingerprint density at radius 3 is 2.64 bits per heavy atom. The molecule has 0 bridgehead atoms. The zero-order valence-corrected chi connectivity index (χ0v) is 25.5. The average Bonchev–Trinajstić information content (AvgIpc) is 3.43. The number of benzene rings is 1. The quantitative estimate of drug-likeness (QED) is 0.506. The van der Waals surface area contributed by atoms with Gasteiger partial charge in [0.15, 0.2) is 6.23 Å². The summed E-state index contributed by atoms with van der Waals surface area (Å²) in [5.74, 6) is 0.753. The van der Waals surface area contributed by atoms with E-state index in [0.717, 1.165) is 56.0 Å². The second-order valence-corrected chi connectivity index (χ2v) is 15.2. The standard InChI is InChI=1S/C27H36ClN7O2S2/c1-26(2,3)39(37)32-21-7-6-10-27(21)11-13-35(14-12-27)25-30-16-20(24(36)33(25)4)38-19-9-8-17-22(23(19)28)18(15-29)34(5)31-17/h8-9,16,21,24,32,36H,6-7,10-14H2,1-5H3/t21-,24?,39?/m1/s1. The van der Waals surface area contributed by atoms with E-state index in [-0.39, 0.29) is 16.2 Å². The van der Waals surface area contributed by atoms with E-state index >= 15 is 0 Å². The average molecular weight is 590 g/mol. The van der Waals surface area contributed by atoms with Crippen LogP contribution >= 0.6 is 23.4 Å². The summed E-state index contributed by atoms with van der Waals surface area (Å²) in [5, 5.41) is 26.2. The summed E-state index contributed by atoms with van der Waals surface area (Å²) in [7, 11) is 3.58. The molecule has 2 N–H and O–H groups in total. The summed E-state index contributed by atoms with van der Waals surface area (Å²) < 4.78 is 17.5. The molecule has 3 atom stereocenters. The van der Waals surface area contributed by atoms with Crippen LogP contribution in [-0.4, -0.2) is 72.4 Å². The first kappa shape index (κ1) is 28.6. The summed E-state index contributed by atoms with van der Waals surface area (Å²) in [6.07, 6.45) is 6.23. The molecule has 1 aromatic carbocycles. The van der Waals surface area contributed by atoms with E-state index in [1.165, 1.54) is 16.4 Å². The third-order valence-corrected chi connectivity index (χ3v) is 11.5. The second-order valence-electron chi connectivity index (χ2n) is 11.7. The minimum atomic E-state index is -1.08. The number of aliphatic imine (C=N–C) groups is 1. The van der Waals surface area contributed by atoms with Gasteiger partial charge in [-0.25, -0.2) is 4.99 Å². The van der Waals surface area contributed by atoms with Crippen molar-refractivity contribution < 1.29 is 9.66 Å². The molecule has 1 aliphatic carbocycles. The van der Waals surface area contributed by atoms with Crippen LogP contribution in [0, 0.1) is 16.7 Å². The molecule has 2 aliphatic heterocycles. The van der Waals surface area contributed by atoms with Crippen LogP contribution in [0.3, 0.4) is 0 Å². The normalized spacial score (nSPS) is 24.2. The zero-order valence-electron chi connectivity index (χ0n) is 23.1. The number of hydrogen-bond donors (Lipinski definition) is 2. The van der Waals surface area contributed by atoms with E-state index in [4.69, 9.17) is 16.6 Å². The number of rotatable bonds is 4. The van der Waals surface area contributed by atoms with E-state index in [9.17, 15) is 14.9 Å². The van der Waals surface area contributed by atoms with E-state index in [1.807, 2.05) is 40.0 Å². The fraction of sp³-hybridized carbons (Fsp3) is 0.593. The lowest BCUT2D eigenvalue weighted by Gasteiger charge is -2.46. The molecule has 2 fully saturated rings. The molecule has 2 unspecified atom stereocenters. The number of likely N-dealkylation sites (tertiary alicyclic amines) is 1. The van der Waals surface area contributed by atoms with Gasteiger partial charge in [0.05, 0.1) is 26.9 Å². The van der Waals surface area contributed by atoms with Crippen LogP contribution in [-0.2, 0) is 18.4 Å². The third kappa shape index (κ3) is 5.27. The first-order valence-electron chi connectivity index (χ1n) is 13.3. The number of nitrogens with one attached hydrogen (secondary N) is 1. The highest BCUT2D eigenvalue weighted by molar-refractivity contribution is 8.03. The van der Waals surface area contributed by atoms with Crippen molar-refractivity contribution in [3.8, 4) is 6.07 Å². The number of hydrogen-bond acceptors (Lipinski definition) is 9. The summed E-state index contributed by atoms with van der Waals surface area (Å²) in [5.41, 5.74) is 1.22. The molecule has 1 aromatic heterocycles. The van der Waals surface area contributed by atoms with Crippen LogP contribution in [0.4, 0.5) is 0 Å². The topological polar surface area (TPSA) is 116 Å². The Hall–Kier alpha value is -1.94. The maximum atomic E-state index is 12.8. The van der Waals surface area contributed by atoms with Gasteiger partial charge in [0.25, 0.3) is 0 Å². The predicted octanol–water partition coefficient (Wildman–Crippen LogP) is 4.34. The number of likely N-dealkylation sites (N-methyl/N-ethyl adjacent to an activating group) is 1. The molecule has 3 heterocycles. The number of halogens is 1. The van der Waals surface area contributed by atoms with Crippen molar-refractivity contribution in [1.29, 1.82) is 5.26 Å². The first-order valence-corrected chi connectivity index (χ1v) is 15.6. The van der Waals surface area contributed by atoms with Gasteiger partial charge in [-0.05, 0) is 64.0 Å². The molecule has 2 aromatic rings. The minimum absolute atomic E-state index is 0.157. The van der Waals surface area contributed by atoms with Gasteiger partial charge in [-0.1, -0.05) is 29.8 Å². The minimum Gasteiger partial charge on any atom is -0.598 e. The van der Waals surface area contributed by atoms with Crippen LogP contribution < -0.4 is 4.72 Å². The van der Waals surface area contributed by atoms with Gasteiger partial charge in [-0.2, -0.15) is 10.4 Å². The van der Waals surface area contributed by atoms with Gasteiger partial charge >= 0.3 is 0 Å². The first-order chi connectivity index (χ1) is 18.4. The van der Waals surface area contributed by atoms with Crippen molar-refractivity contribution in [2.45, 2.75) is 74.8 Å². The van der Waals surface area contributed by atoms with Crippen LogP contribution in [0.5, 0.6) is 0 Å². The number of thioether (sulfide) groups is 1. The van der Waals surface area contributed by atoms with Crippen molar-refractivity contribution >= 4 is 51.6 Å². The summed E-state index contributed by atoms with van der Waals surface area (Å²) in [6.45, 7) is 7.71. The molecule has 3 aliphatic rings. The molecule has 1 saturated carbocycles. The molecule has 1 spiro atoms. The Labute approximate surface area is 242 Å². The van der Waals surface area contributed by atoms with Gasteiger partial charge in [0.2, 0.25) is 5.96 Å². The number of guanidine groups is 1. The lowest BCUT2D eigenvalue weighted by Crippen LogP contribution is -2.56. The van der Waals surface area contributed by atoms with Crippen LogP contribution in [0.25, 0.3) is 10.9 Å². The van der Waals surface area contributed by atoms with Crippen molar-refractivity contribution in [3.63, 3.8) is 0 Å². The number of aromatic nitrogens is 2. The van der Waals surface area contributed by atoms with Crippen LogP contribution in [0.1, 0.15) is 58.6 Å². The Balaban J connectivity index is 1.30. The molecule has 9 nitrogen and oxygen atoms in total. The number of aryl methyl sites for hydroxylation is 1. The van der Waals surface area contributed by atoms with Gasteiger partial charge < -0.3 is 19.5 Å². The number of nitriles is 1. The SMILES string of the molecule is CN1C(N2CCC3(CCC[C@H]3N[S+]([O-])C(C)(C)C)CC2)=NC=C(Sc2ccc3nn(C)c(C#N)c3c2Cl)C1O. The van der Waals surface area contributed by atoms with Crippen molar-refractivity contribution in [1.82, 2.24) is 24.3 Å². The Morgan fingerprint density at radius 1 is 1.26 bits per heavy atom. The molecule has 0 radical (unpaired) electrons. The molecule has 39 heavy (non-hydrogen) atoms. The molecule has 12 heteroatoms.